The predicted molar refractivity (Wildman–Crippen MR) is 117 cm³/mol. The monoisotopic (exact) mass is 423 g/mol. The lowest BCUT2D eigenvalue weighted by atomic mass is 9.84. The third-order valence-electron chi connectivity index (χ3n) is 4.17. The number of nitrogens with zero attached hydrogens (tertiary/aromatic N) is 3. The molecular weight excluding hydrogens is 372 g/mol. The smallest absolute Gasteiger partial charge is 0.317 e. The summed E-state index contributed by atoms with van der Waals surface area (Å²) in [6, 6.07) is -6.05. The summed E-state index contributed by atoms with van der Waals surface area (Å²) in [5.74, 6) is -4.22. The first-order valence-electron chi connectivity index (χ1n) is 17.2. The molecule has 1 aromatic carbocycles. The summed E-state index contributed by atoms with van der Waals surface area (Å²) in [7, 11) is 2.29. The predicted octanol–water partition coefficient (Wildman–Crippen LogP) is 3.99. The van der Waals surface area contributed by atoms with Crippen LogP contribution in [0.15, 0.2) is 18.1 Å². The molecule has 156 valence electrons. The minimum Gasteiger partial charge on any atom is -0.368 e. The van der Waals surface area contributed by atoms with E-state index in [1.165, 1.54) is 11.8 Å². The van der Waals surface area contributed by atoms with Gasteiger partial charge in [-0.15, -0.1) is 0 Å². The lowest BCUT2D eigenvalue weighted by Gasteiger charge is -2.37. The van der Waals surface area contributed by atoms with Crippen molar-refractivity contribution in [2.75, 3.05) is 51.7 Å². The van der Waals surface area contributed by atoms with Crippen LogP contribution in [0.3, 0.4) is 0 Å². The molecule has 0 radical (unpaired) electrons. The van der Waals surface area contributed by atoms with Gasteiger partial charge in [0.2, 0.25) is 0 Å². The Labute approximate surface area is 198 Å². The van der Waals surface area contributed by atoms with Crippen molar-refractivity contribution in [2.24, 2.45) is 5.89 Å². The first kappa shape index (κ1) is 8.35. The molecule has 0 spiro atoms. The second-order valence-electron chi connectivity index (χ2n) is 6.45. The van der Waals surface area contributed by atoms with Crippen molar-refractivity contribution in [3.8, 4) is 0 Å². The topological polar surface area (TPSA) is 38.8 Å². The molecule has 1 N–H and O–H groups in total. The number of urea groups is 1. The highest BCUT2D eigenvalue weighted by Gasteiger charge is 2.24. The summed E-state index contributed by atoms with van der Waals surface area (Å²) >= 11 is 6.38. The van der Waals surface area contributed by atoms with Gasteiger partial charge in [-0.3, -0.25) is 4.90 Å². The maximum atomic E-state index is 12.4. The fourth-order valence-electron chi connectivity index (χ4n) is 2.52. The van der Waals surface area contributed by atoms with Gasteiger partial charge in [-0.25, -0.2) is 4.79 Å². The third-order valence-corrected chi connectivity index (χ3v) is 4.63. The van der Waals surface area contributed by atoms with Crippen molar-refractivity contribution in [1.82, 2.24) is 15.1 Å². The van der Waals surface area contributed by atoms with Gasteiger partial charge in [0, 0.05) is 64.1 Å². The second-order valence-corrected chi connectivity index (χ2v) is 6.83. The highest BCUT2D eigenvalue weighted by atomic mass is 35.5. The van der Waals surface area contributed by atoms with E-state index in [0.29, 0.717) is 0 Å². The van der Waals surface area contributed by atoms with Gasteiger partial charge in [-0.2, -0.15) is 0 Å². The molecule has 0 aromatic heterocycles. The van der Waals surface area contributed by atoms with E-state index in [1.807, 2.05) is 0 Å². The van der Waals surface area contributed by atoms with Gasteiger partial charge in [-0.05, 0) is 62.8 Å². The number of anilines is 1. The number of nitrogens with one attached hydrogen (secondary N) is 1. The summed E-state index contributed by atoms with van der Waals surface area (Å²) in [6.07, 6.45) is -20.4. The van der Waals surface area contributed by atoms with Crippen LogP contribution < -0.4 is 10.2 Å². The van der Waals surface area contributed by atoms with Crippen molar-refractivity contribution >= 4 is 23.3 Å². The summed E-state index contributed by atoms with van der Waals surface area (Å²) in [5, 5.41) is 1.70. The molecule has 28 heavy (non-hydrogen) atoms. The molecular formula is C22H35ClN4O. The average molecular weight is 424 g/mol. The van der Waals surface area contributed by atoms with E-state index in [0.717, 1.165) is 23.9 Å². The Balaban J connectivity index is 2.10. The molecule has 1 saturated heterocycles. The molecule has 5 nitrogen and oxygen atoms in total. The fourth-order valence-corrected chi connectivity index (χ4v) is 2.74. The fraction of sp³-hybridized carbons (Fsp3) is 0.682. The number of benzene rings is 1. The van der Waals surface area contributed by atoms with E-state index in [-0.39, 0.29) is 54.5 Å². The van der Waals surface area contributed by atoms with Gasteiger partial charge in [0.15, 0.2) is 0 Å². The third kappa shape index (κ3) is 5.54. The van der Waals surface area contributed by atoms with Crippen molar-refractivity contribution < 1.29 is 28.1 Å². The Hall–Kier alpha value is -1.46. The zero-order valence-corrected chi connectivity index (χ0v) is 16.7. The molecule has 1 aliphatic heterocycles. The molecule has 0 bridgehead atoms. The number of amides is 2. The Morgan fingerprint density at radius 2 is 2.00 bits per heavy atom. The number of carbonyl (C=O) groups is 1. The van der Waals surface area contributed by atoms with Crippen LogP contribution in [0.25, 0.3) is 0 Å². The van der Waals surface area contributed by atoms with Crippen molar-refractivity contribution in [3.63, 3.8) is 0 Å². The number of carbonyl (C=O) groups excluding carboxylic acids is 1. The first-order chi connectivity index (χ1) is 20.0. The Morgan fingerprint density at radius 3 is 2.64 bits per heavy atom. The molecule has 1 heterocycles. The summed E-state index contributed by atoms with van der Waals surface area (Å²) in [6.45, 7) is -3.01. The van der Waals surface area contributed by atoms with Gasteiger partial charge in [0.1, 0.15) is 0 Å². The molecule has 2 aliphatic rings. The van der Waals surface area contributed by atoms with Crippen LogP contribution in [0.5, 0.6) is 0 Å². The molecule has 2 fully saturated rings. The normalized spacial score (nSPS) is 45.9. The van der Waals surface area contributed by atoms with Gasteiger partial charge < -0.3 is 15.1 Å². The molecule has 0 unspecified atom stereocenters. The largest absolute Gasteiger partial charge is 0.368 e. The standard InChI is InChI=1S/C22H35ClN4O/c1-17-5-4-6-20(21(17)23)27-15-13-26(14-16-27)12-11-18-7-9-19(10-8-18)24-22(28)25(2)3/h4-6,18-19H,7-16H2,1-3H3,(H,24,28)/t18-,19-/i4D,5D,6D,7D2,8D2,9D2,10D2,11D2,12D2,18D,19D. The highest BCUT2D eigenvalue weighted by molar-refractivity contribution is 6.34. The molecule has 0 atom stereocenters. The maximum Gasteiger partial charge on any atom is 0.317 e. The van der Waals surface area contributed by atoms with E-state index >= 15 is 0 Å². The number of hydrogen-bond donors (Lipinski definition) is 1. The van der Waals surface area contributed by atoms with Gasteiger partial charge in [0.25, 0.3) is 0 Å². The SMILES string of the molecule is [2H]c1c([2H])c(C)c(Cl)c(N2CCN(C([2H])([2H])C([2H])([2H])[C@]3([2H])C([2H])([2H])C([2H])([2H])[C@@]([2H])(NC(=O)N(C)C)C([2H])([2H])C3([2H])[2H])CC2)c1[2H]. The van der Waals surface area contributed by atoms with Gasteiger partial charge in [0.05, 0.1) is 16.2 Å². The highest BCUT2D eigenvalue weighted by Crippen LogP contribution is 2.30. The Morgan fingerprint density at radius 1 is 1.32 bits per heavy atom. The number of piperazine rings is 1. The number of rotatable bonds is 5. The maximum absolute atomic E-state index is 12.4. The van der Waals surface area contributed by atoms with Crippen LogP contribution in [-0.2, 0) is 0 Å². The molecule has 2 amide bonds. The summed E-state index contributed by atoms with van der Waals surface area (Å²) in [5.41, 5.74) is 0.318. The molecule has 3 rings (SSSR count). The Bertz CT molecular complexity index is 1310. The van der Waals surface area contributed by atoms with Crippen LogP contribution in [0.2, 0.25) is 5.02 Å². The second kappa shape index (κ2) is 9.84. The van der Waals surface area contributed by atoms with E-state index in [9.17, 15) is 4.79 Å². The van der Waals surface area contributed by atoms with Crippen molar-refractivity contribution in [1.29, 1.82) is 0 Å². The summed E-state index contributed by atoms with van der Waals surface area (Å²) in [4.78, 5) is 15.5. The minimum absolute atomic E-state index is 0.0196. The van der Waals surface area contributed by atoms with Crippen LogP contribution in [0, 0.1) is 12.8 Å². The van der Waals surface area contributed by atoms with E-state index in [2.05, 4.69) is 0 Å². The summed E-state index contributed by atoms with van der Waals surface area (Å²) < 4.78 is 146. The zero-order chi connectivity index (χ0) is 35.3. The molecule has 1 aromatic rings. The van der Waals surface area contributed by atoms with E-state index < -0.39 is 62.3 Å². The number of hydrogen-bond acceptors (Lipinski definition) is 3. The number of halogens is 1. The quantitative estimate of drug-likeness (QED) is 0.778. The Kier molecular flexibility index (Phi) is 2.93. The minimum atomic E-state index is -4.22. The lowest BCUT2D eigenvalue weighted by molar-refractivity contribution is 0.194. The van der Waals surface area contributed by atoms with Crippen molar-refractivity contribution in [3.05, 3.63) is 28.7 Å². The van der Waals surface area contributed by atoms with Crippen molar-refractivity contribution in [2.45, 2.75) is 44.8 Å². The molecule has 1 saturated carbocycles. The van der Waals surface area contributed by atoms with E-state index in [1.54, 1.807) is 5.32 Å². The van der Waals surface area contributed by atoms with Gasteiger partial charge >= 0.3 is 6.03 Å². The van der Waals surface area contributed by atoms with Gasteiger partial charge in [-0.1, -0.05) is 23.7 Å². The zero-order valence-electron chi connectivity index (χ0n) is 33.0. The van der Waals surface area contributed by atoms with Crippen LogP contribution in [0.1, 0.15) is 60.7 Å². The first-order valence-corrected chi connectivity index (χ1v) is 9.10. The lowest BCUT2D eigenvalue weighted by Crippen LogP contribution is -2.47. The average Bonchev–Trinajstić information content (AvgIpc) is 2.93. The molecule has 1 aliphatic carbocycles. The molecule has 6 heteroatoms. The van der Waals surface area contributed by atoms with Crippen LogP contribution >= 0.6 is 11.6 Å². The van der Waals surface area contributed by atoms with E-state index in [4.69, 9.17) is 34.9 Å². The van der Waals surface area contributed by atoms with Crippen LogP contribution in [0.4, 0.5) is 10.5 Å². The van der Waals surface area contributed by atoms with Crippen LogP contribution in [-0.4, -0.2) is 68.6 Å².